The Morgan fingerprint density at radius 3 is 2.33 bits per heavy atom. The van der Waals surface area contributed by atoms with Gasteiger partial charge in [-0.25, -0.2) is 4.39 Å². The van der Waals surface area contributed by atoms with Crippen molar-refractivity contribution >= 4 is 33.3 Å². The van der Waals surface area contributed by atoms with Gasteiger partial charge in [0, 0.05) is 23.6 Å². The molecule has 3 aromatic rings. The molecule has 0 fully saturated rings. The van der Waals surface area contributed by atoms with Crippen LogP contribution in [-0.2, 0) is 16.5 Å². The van der Waals surface area contributed by atoms with E-state index < -0.39 is 15.9 Å². The van der Waals surface area contributed by atoms with Crippen LogP contribution in [0.2, 0.25) is 10.0 Å². The molecule has 0 saturated carbocycles. The van der Waals surface area contributed by atoms with Crippen molar-refractivity contribution in [3.05, 3.63) is 87.7 Å². The quantitative estimate of drug-likeness (QED) is 0.437. The van der Waals surface area contributed by atoms with Crippen molar-refractivity contribution in [3.63, 3.8) is 0 Å². The highest BCUT2D eigenvalue weighted by Crippen LogP contribution is 2.30. The molecule has 154 valence electrons. The van der Waals surface area contributed by atoms with E-state index in [1.165, 1.54) is 18.2 Å². The molecule has 0 aliphatic rings. The van der Waals surface area contributed by atoms with Gasteiger partial charge in [-0.3, -0.25) is 0 Å². The standard InChI is InChI=1S/C21H14Cl2FNO4S/c22-16-9-18(28-8-7-14-1-3-15(13-25)4-2-14)12-19(10-16)29-30(26,27)21-6-5-17(24)11-20(21)23/h1-6,9-12H,7-8H2. The normalized spacial score (nSPS) is 11.0. The summed E-state index contributed by atoms with van der Waals surface area (Å²) in [6.45, 7) is 0.294. The zero-order valence-corrected chi connectivity index (χ0v) is 17.6. The van der Waals surface area contributed by atoms with Gasteiger partial charge >= 0.3 is 10.1 Å². The van der Waals surface area contributed by atoms with Crippen molar-refractivity contribution in [1.82, 2.24) is 0 Å². The number of ether oxygens (including phenoxy) is 1. The van der Waals surface area contributed by atoms with Crippen LogP contribution >= 0.6 is 23.2 Å². The van der Waals surface area contributed by atoms with Crippen LogP contribution in [0.1, 0.15) is 11.1 Å². The largest absolute Gasteiger partial charge is 0.493 e. The van der Waals surface area contributed by atoms with Gasteiger partial charge in [0.1, 0.15) is 22.2 Å². The highest BCUT2D eigenvalue weighted by molar-refractivity contribution is 7.87. The average Bonchev–Trinajstić information content (AvgIpc) is 2.67. The lowest BCUT2D eigenvalue weighted by Gasteiger charge is -2.11. The number of halogens is 3. The molecule has 0 amide bonds. The Morgan fingerprint density at radius 1 is 0.967 bits per heavy atom. The average molecular weight is 466 g/mol. The third kappa shape index (κ3) is 5.63. The summed E-state index contributed by atoms with van der Waals surface area (Å²) in [5.74, 6) is -0.428. The zero-order valence-electron chi connectivity index (χ0n) is 15.3. The number of hydrogen-bond donors (Lipinski definition) is 0. The van der Waals surface area contributed by atoms with Gasteiger partial charge in [-0.2, -0.15) is 13.7 Å². The fourth-order valence-corrected chi connectivity index (χ4v) is 4.19. The summed E-state index contributed by atoms with van der Waals surface area (Å²) in [5.41, 5.74) is 1.54. The fraction of sp³-hybridized carbons (Fsp3) is 0.0952. The summed E-state index contributed by atoms with van der Waals surface area (Å²) < 4.78 is 48.9. The lowest BCUT2D eigenvalue weighted by molar-refractivity contribution is 0.321. The maximum Gasteiger partial charge on any atom is 0.340 e. The van der Waals surface area contributed by atoms with Gasteiger partial charge in [-0.1, -0.05) is 35.3 Å². The van der Waals surface area contributed by atoms with E-state index in [0.717, 1.165) is 23.8 Å². The van der Waals surface area contributed by atoms with Gasteiger partial charge in [0.15, 0.2) is 0 Å². The van der Waals surface area contributed by atoms with Crippen molar-refractivity contribution in [2.24, 2.45) is 0 Å². The summed E-state index contributed by atoms with van der Waals surface area (Å²) in [5, 5.41) is 8.73. The first-order valence-electron chi connectivity index (χ1n) is 8.59. The lowest BCUT2D eigenvalue weighted by atomic mass is 10.1. The van der Waals surface area contributed by atoms with Crippen LogP contribution in [0, 0.1) is 17.1 Å². The Labute approximate surface area is 183 Å². The molecule has 0 spiro atoms. The van der Waals surface area contributed by atoms with Crippen LogP contribution < -0.4 is 8.92 Å². The molecule has 30 heavy (non-hydrogen) atoms. The van der Waals surface area contributed by atoms with Crippen LogP contribution in [0.25, 0.3) is 0 Å². The number of hydrogen-bond acceptors (Lipinski definition) is 5. The first kappa shape index (κ1) is 21.9. The number of nitrogens with zero attached hydrogens (tertiary/aromatic N) is 1. The second-order valence-corrected chi connectivity index (χ2v) is 8.50. The van der Waals surface area contributed by atoms with Crippen LogP contribution in [0.15, 0.2) is 65.6 Å². The SMILES string of the molecule is N#Cc1ccc(CCOc2cc(Cl)cc(OS(=O)(=O)c3ccc(F)cc3Cl)c2)cc1. The van der Waals surface area contributed by atoms with Gasteiger partial charge in [0.2, 0.25) is 0 Å². The Hall–Kier alpha value is -2.79. The minimum Gasteiger partial charge on any atom is -0.493 e. The second-order valence-electron chi connectivity index (χ2n) is 6.14. The third-order valence-corrected chi connectivity index (χ3v) is 5.91. The Bertz CT molecular complexity index is 1210. The topological polar surface area (TPSA) is 76.4 Å². The van der Waals surface area contributed by atoms with E-state index in [9.17, 15) is 12.8 Å². The molecule has 0 heterocycles. The molecular formula is C21H14Cl2FNO4S. The predicted molar refractivity (Wildman–Crippen MR) is 111 cm³/mol. The summed E-state index contributed by atoms with van der Waals surface area (Å²) >= 11 is 11.9. The summed E-state index contributed by atoms with van der Waals surface area (Å²) in [6, 6.07) is 16.2. The van der Waals surface area contributed by atoms with Crippen LogP contribution in [0.3, 0.4) is 0 Å². The van der Waals surface area contributed by atoms with E-state index in [0.29, 0.717) is 24.3 Å². The highest BCUT2D eigenvalue weighted by atomic mass is 35.5. The molecule has 9 heteroatoms. The molecule has 0 bridgehead atoms. The Kier molecular flexibility index (Phi) is 6.83. The van der Waals surface area contributed by atoms with Crippen molar-refractivity contribution < 1.29 is 21.7 Å². The highest BCUT2D eigenvalue weighted by Gasteiger charge is 2.21. The van der Waals surface area contributed by atoms with E-state index in [1.54, 1.807) is 12.1 Å². The minimum atomic E-state index is -4.30. The minimum absolute atomic E-state index is 0.0729. The van der Waals surface area contributed by atoms with Gasteiger partial charge in [-0.05, 0) is 42.0 Å². The molecule has 0 N–H and O–H groups in total. The molecular weight excluding hydrogens is 452 g/mol. The molecule has 0 aromatic heterocycles. The summed E-state index contributed by atoms with van der Waals surface area (Å²) in [7, 11) is -4.30. The molecule has 0 saturated heterocycles. The predicted octanol–water partition coefficient (Wildman–Crippen LogP) is 5.39. The third-order valence-electron chi connectivity index (χ3n) is 3.96. The van der Waals surface area contributed by atoms with E-state index >= 15 is 0 Å². The van der Waals surface area contributed by atoms with E-state index in [2.05, 4.69) is 0 Å². The van der Waals surface area contributed by atoms with Crippen LogP contribution in [0.5, 0.6) is 11.5 Å². The molecule has 3 aromatic carbocycles. The van der Waals surface area contributed by atoms with Gasteiger partial charge in [-0.15, -0.1) is 0 Å². The van der Waals surface area contributed by atoms with Crippen molar-refractivity contribution in [1.29, 1.82) is 5.26 Å². The molecule has 0 radical (unpaired) electrons. The van der Waals surface area contributed by atoms with Gasteiger partial charge < -0.3 is 8.92 Å². The maximum atomic E-state index is 13.2. The summed E-state index contributed by atoms with van der Waals surface area (Å²) in [4.78, 5) is -0.367. The number of benzene rings is 3. The van der Waals surface area contributed by atoms with E-state index in [4.69, 9.17) is 37.4 Å². The molecule has 0 aliphatic heterocycles. The molecule has 0 aliphatic carbocycles. The van der Waals surface area contributed by atoms with Crippen LogP contribution in [0.4, 0.5) is 4.39 Å². The van der Waals surface area contributed by atoms with Crippen LogP contribution in [-0.4, -0.2) is 15.0 Å². The van der Waals surface area contributed by atoms with Crippen molar-refractivity contribution in [3.8, 4) is 17.6 Å². The Balaban J connectivity index is 1.70. The number of nitriles is 1. The molecule has 0 unspecified atom stereocenters. The lowest BCUT2D eigenvalue weighted by Crippen LogP contribution is -2.11. The van der Waals surface area contributed by atoms with Gasteiger partial charge in [0.25, 0.3) is 0 Å². The molecule has 5 nitrogen and oxygen atoms in total. The van der Waals surface area contributed by atoms with E-state index in [-0.39, 0.29) is 20.7 Å². The van der Waals surface area contributed by atoms with E-state index in [1.807, 2.05) is 18.2 Å². The fourth-order valence-electron chi connectivity index (χ4n) is 2.55. The Morgan fingerprint density at radius 2 is 1.67 bits per heavy atom. The van der Waals surface area contributed by atoms with Crippen molar-refractivity contribution in [2.45, 2.75) is 11.3 Å². The molecule has 3 rings (SSSR count). The van der Waals surface area contributed by atoms with Gasteiger partial charge in [0.05, 0.1) is 23.3 Å². The second kappa shape index (κ2) is 9.35. The van der Waals surface area contributed by atoms with Crippen molar-refractivity contribution in [2.75, 3.05) is 6.61 Å². The maximum absolute atomic E-state index is 13.2. The number of rotatable bonds is 7. The summed E-state index contributed by atoms with van der Waals surface area (Å²) in [6.07, 6.45) is 0.567. The first-order valence-corrected chi connectivity index (χ1v) is 10.8. The molecule has 0 atom stereocenters. The zero-order chi connectivity index (χ0) is 21.7. The first-order chi connectivity index (χ1) is 14.3. The monoisotopic (exact) mass is 465 g/mol. The smallest absolute Gasteiger partial charge is 0.340 e.